The van der Waals surface area contributed by atoms with Gasteiger partial charge in [-0.05, 0) is 29.8 Å². The fraction of sp³-hybridized carbons (Fsp3) is 0.143. The van der Waals surface area contributed by atoms with Crippen LogP contribution in [-0.2, 0) is 0 Å². The maximum Gasteiger partial charge on any atom is 0.231 e. The molecule has 2 N–H and O–H groups in total. The van der Waals surface area contributed by atoms with Gasteiger partial charge in [-0.25, -0.2) is 0 Å². The third-order valence-corrected chi connectivity index (χ3v) is 4.97. The van der Waals surface area contributed by atoms with Gasteiger partial charge in [0.2, 0.25) is 6.79 Å². The zero-order valence-electron chi connectivity index (χ0n) is 14.8. The van der Waals surface area contributed by atoms with Crippen molar-refractivity contribution < 1.29 is 24.1 Å². The normalized spacial score (nSPS) is 12.7. The number of fused-ring (bicyclic) bond motifs is 4. The number of H-pyrrole nitrogens is 1. The van der Waals surface area contributed by atoms with Crippen LogP contribution in [0.5, 0.6) is 28.9 Å². The quantitative estimate of drug-likeness (QED) is 0.563. The largest absolute Gasteiger partial charge is 0.497 e. The lowest BCUT2D eigenvalue weighted by atomic mass is 9.92. The third kappa shape index (κ3) is 2.13. The molecule has 6 nitrogen and oxygen atoms in total. The first-order chi connectivity index (χ1) is 13.2. The molecule has 0 saturated carbocycles. The molecule has 0 bridgehead atoms. The summed E-state index contributed by atoms with van der Waals surface area (Å²) in [7, 11) is 3.23. The Hall–Kier alpha value is -3.54. The van der Waals surface area contributed by atoms with Crippen molar-refractivity contribution in [1.29, 1.82) is 0 Å². The van der Waals surface area contributed by atoms with Crippen LogP contribution in [0.4, 0.5) is 0 Å². The lowest BCUT2D eigenvalue weighted by Crippen LogP contribution is -1.94. The van der Waals surface area contributed by atoms with Crippen molar-refractivity contribution in [2.75, 3.05) is 21.0 Å². The highest BCUT2D eigenvalue weighted by Gasteiger charge is 2.26. The molecule has 0 aliphatic carbocycles. The van der Waals surface area contributed by atoms with E-state index >= 15 is 0 Å². The van der Waals surface area contributed by atoms with Gasteiger partial charge in [0.1, 0.15) is 11.5 Å². The van der Waals surface area contributed by atoms with Crippen LogP contribution >= 0.6 is 0 Å². The van der Waals surface area contributed by atoms with Crippen molar-refractivity contribution >= 4 is 21.5 Å². The van der Waals surface area contributed by atoms with E-state index in [0.717, 1.165) is 33.0 Å². The molecule has 0 atom stereocenters. The lowest BCUT2D eigenvalue weighted by molar-refractivity contribution is 0.175. The van der Waals surface area contributed by atoms with Gasteiger partial charge >= 0.3 is 0 Å². The van der Waals surface area contributed by atoms with E-state index < -0.39 is 0 Å². The molecule has 0 spiro atoms. The van der Waals surface area contributed by atoms with E-state index in [1.54, 1.807) is 20.4 Å². The second-order valence-corrected chi connectivity index (χ2v) is 6.28. The summed E-state index contributed by atoms with van der Waals surface area (Å²) in [5.74, 6) is 2.80. The van der Waals surface area contributed by atoms with Gasteiger partial charge in [-0.15, -0.1) is 0 Å². The molecule has 0 radical (unpaired) electrons. The first kappa shape index (κ1) is 15.7. The zero-order valence-corrected chi connectivity index (χ0v) is 14.8. The topological polar surface area (TPSA) is 72.9 Å². The second kappa shape index (κ2) is 5.74. The molecular formula is C21H17NO5. The van der Waals surface area contributed by atoms with Crippen LogP contribution in [0, 0.1) is 0 Å². The molecule has 0 amide bonds. The average molecular weight is 363 g/mol. The van der Waals surface area contributed by atoms with Gasteiger partial charge in [-0.2, -0.15) is 0 Å². The Morgan fingerprint density at radius 3 is 2.48 bits per heavy atom. The fourth-order valence-corrected chi connectivity index (χ4v) is 3.79. The molecule has 4 aromatic rings. The molecule has 1 aliphatic rings. The van der Waals surface area contributed by atoms with E-state index in [1.165, 1.54) is 0 Å². The monoisotopic (exact) mass is 363 g/mol. The Morgan fingerprint density at radius 2 is 1.74 bits per heavy atom. The number of hydrogen-bond acceptors (Lipinski definition) is 5. The predicted molar refractivity (Wildman–Crippen MR) is 102 cm³/mol. The van der Waals surface area contributed by atoms with Crippen LogP contribution in [0.3, 0.4) is 0 Å². The summed E-state index contributed by atoms with van der Waals surface area (Å²) in [6.07, 6.45) is 1.78. The van der Waals surface area contributed by atoms with E-state index in [2.05, 4.69) is 4.98 Å². The number of hydrogen-bond donors (Lipinski definition) is 2. The molecule has 0 saturated heterocycles. The first-order valence-corrected chi connectivity index (χ1v) is 8.49. The minimum Gasteiger partial charge on any atom is -0.497 e. The molecule has 2 heterocycles. The van der Waals surface area contributed by atoms with Crippen LogP contribution in [0.2, 0.25) is 0 Å². The molecule has 3 aromatic carbocycles. The fourth-order valence-electron chi connectivity index (χ4n) is 3.79. The van der Waals surface area contributed by atoms with Crippen molar-refractivity contribution in [1.82, 2.24) is 4.98 Å². The smallest absolute Gasteiger partial charge is 0.231 e. The summed E-state index contributed by atoms with van der Waals surface area (Å²) < 4.78 is 22.3. The van der Waals surface area contributed by atoms with Crippen molar-refractivity contribution in [3.05, 3.63) is 42.6 Å². The highest BCUT2D eigenvalue weighted by atomic mass is 16.7. The molecule has 0 unspecified atom stereocenters. The van der Waals surface area contributed by atoms with Crippen molar-refractivity contribution in [3.8, 4) is 40.0 Å². The number of aromatic hydroxyl groups is 1. The summed E-state index contributed by atoms with van der Waals surface area (Å²) in [5, 5.41) is 13.6. The number of methoxy groups -OCH3 is 2. The summed E-state index contributed by atoms with van der Waals surface area (Å²) in [6, 6.07) is 11.6. The Labute approximate surface area is 154 Å². The number of ether oxygens (including phenoxy) is 4. The van der Waals surface area contributed by atoms with Crippen LogP contribution < -0.4 is 18.9 Å². The highest BCUT2D eigenvalue weighted by Crippen LogP contribution is 2.52. The van der Waals surface area contributed by atoms with Gasteiger partial charge in [-0.1, -0.05) is 12.1 Å². The summed E-state index contributed by atoms with van der Waals surface area (Å²) >= 11 is 0. The zero-order chi connectivity index (χ0) is 18.5. The van der Waals surface area contributed by atoms with E-state index in [-0.39, 0.29) is 12.7 Å². The summed E-state index contributed by atoms with van der Waals surface area (Å²) in [5.41, 5.74) is 1.90. The van der Waals surface area contributed by atoms with Crippen LogP contribution in [0.1, 0.15) is 0 Å². The maximum atomic E-state index is 10.4. The van der Waals surface area contributed by atoms with Crippen LogP contribution in [-0.4, -0.2) is 31.1 Å². The molecule has 1 aliphatic heterocycles. The maximum absolute atomic E-state index is 10.4. The van der Waals surface area contributed by atoms with Gasteiger partial charge in [0, 0.05) is 27.9 Å². The number of nitrogens with one attached hydrogen (secondary N) is 1. The van der Waals surface area contributed by atoms with Crippen LogP contribution in [0.15, 0.2) is 42.6 Å². The Bertz CT molecular complexity index is 1180. The Balaban J connectivity index is 1.98. The number of aromatic nitrogens is 1. The van der Waals surface area contributed by atoms with E-state index in [9.17, 15) is 5.11 Å². The molecular weight excluding hydrogens is 346 g/mol. The molecule has 6 heteroatoms. The van der Waals surface area contributed by atoms with Crippen molar-refractivity contribution in [2.45, 2.75) is 0 Å². The molecule has 0 fully saturated rings. The number of benzene rings is 3. The molecule has 1 aromatic heterocycles. The lowest BCUT2D eigenvalue weighted by Gasteiger charge is -2.15. The van der Waals surface area contributed by atoms with Gasteiger partial charge in [0.15, 0.2) is 17.4 Å². The van der Waals surface area contributed by atoms with Gasteiger partial charge < -0.3 is 29.0 Å². The summed E-state index contributed by atoms with van der Waals surface area (Å²) in [6.45, 7) is 0.176. The second-order valence-electron chi connectivity index (χ2n) is 6.28. The predicted octanol–water partition coefficient (Wildman–Crippen LogP) is 4.44. The van der Waals surface area contributed by atoms with Gasteiger partial charge in [-0.3, -0.25) is 0 Å². The number of aromatic amines is 1. The van der Waals surface area contributed by atoms with E-state index in [4.69, 9.17) is 18.9 Å². The molecule has 27 heavy (non-hydrogen) atoms. The first-order valence-electron chi connectivity index (χ1n) is 8.49. The summed E-state index contributed by atoms with van der Waals surface area (Å²) in [4.78, 5) is 2.91. The number of rotatable bonds is 3. The Kier molecular flexibility index (Phi) is 3.33. The van der Waals surface area contributed by atoms with Gasteiger partial charge in [0.05, 0.1) is 19.6 Å². The van der Waals surface area contributed by atoms with Crippen molar-refractivity contribution in [2.24, 2.45) is 0 Å². The highest BCUT2D eigenvalue weighted by molar-refractivity contribution is 6.20. The van der Waals surface area contributed by atoms with Crippen molar-refractivity contribution in [3.63, 3.8) is 0 Å². The Morgan fingerprint density at radius 1 is 0.926 bits per heavy atom. The SMILES string of the molecule is COc1ccc(-c2c3c[nH]c(O)c3c(OC)c3ccc4c(c23)OCO4)cc1. The molecule has 5 rings (SSSR count). The minimum atomic E-state index is 0.0659. The van der Waals surface area contributed by atoms with Crippen LogP contribution in [0.25, 0.3) is 32.7 Å². The molecule has 136 valence electrons. The minimum absolute atomic E-state index is 0.0659. The average Bonchev–Trinajstić information content (AvgIpc) is 3.33. The third-order valence-electron chi connectivity index (χ3n) is 4.97. The standard InChI is InChI=1S/C21H17NO5/c1-24-12-5-3-11(4-6-12)16-14-9-22-21(23)18(14)19(25-2)13-7-8-15-20(17(13)16)27-10-26-15/h3-9,22-23H,10H2,1-2H3. The van der Waals surface area contributed by atoms with E-state index in [1.807, 2.05) is 36.4 Å². The van der Waals surface area contributed by atoms with Gasteiger partial charge in [0.25, 0.3) is 0 Å². The van der Waals surface area contributed by atoms with E-state index in [0.29, 0.717) is 22.6 Å².